The molecule has 3 aromatic rings. The maximum absolute atomic E-state index is 12.8. The minimum atomic E-state index is -0.217. The number of imidazole rings is 1. The number of hydrogen-bond donors (Lipinski definition) is 1. The van der Waals surface area contributed by atoms with Crippen LogP contribution in [-0.2, 0) is 6.54 Å². The van der Waals surface area contributed by atoms with E-state index >= 15 is 0 Å². The standard InChI is InChI=1S/C15H14FN3S/c16-12-3-5-13(6-4-12)17-7-9-19-10-8-18-15(19)14-2-1-11-20-14/h1-6,8,10-11,17H,7,9H2. The Morgan fingerprint density at radius 3 is 2.80 bits per heavy atom. The van der Waals surface area contributed by atoms with Crippen molar-refractivity contribution in [3.63, 3.8) is 0 Å². The van der Waals surface area contributed by atoms with Crippen molar-refractivity contribution in [3.8, 4) is 10.7 Å². The maximum atomic E-state index is 12.8. The third-order valence-corrected chi connectivity index (χ3v) is 3.85. The van der Waals surface area contributed by atoms with E-state index in [0.29, 0.717) is 0 Å². The fourth-order valence-corrected chi connectivity index (χ4v) is 2.75. The summed E-state index contributed by atoms with van der Waals surface area (Å²) in [7, 11) is 0. The maximum Gasteiger partial charge on any atom is 0.150 e. The van der Waals surface area contributed by atoms with Gasteiger partial charge in [-0.2, -0.15) is 0 Å². The van der Waals surface area contributed by atoms with Crippen LogP contribution >= 0.6 is 11.3 Å². The molecule has 20 heavy (non-hydrogen) atoms. The summed E-state index contributed by atoms with van der Waals surface area (Å²) >= 11 is 1.68. The number of aromatic nitrogens is 2. The molecule has 0 amide bonds. The number of rotatable bonds is 5. The van der Waals surface area contributed by atoms with Gasteiger partial charge in [0.1, 0.15) is 11.6 Å². The minimum absolute atomic E-state index is 0.217. The van der Waals surface area contributed by atoms with Gasteiger partial charge in [-0.15, -0.1) is 11.3 Å². The summed E-state index contributed by atoms with van der Waals surface area (Å²) in [6, 6.07) is 10.5. The van der Waals surface area contributed by atoms with E-state index in [1.807, 2.05) is 23.8 Å². The molecule has 3 nitrogen and oxygen atoms in total. The predicted octanol–water partition coefficient (Wildman–Crippen LogP) is 3.86. The molecule has 102 valence electrons. The molecule has 0 unspecified atom stereocenters. The number of thiophene rings is 1. The smallest absolute Gasteiger partial charge is 0.150 e. The molecule has 0 aliphatic heterocycles. The molecular formula is C15H14FN3S. The first-order chi connectivity index (χ1) is 9.83. The zero-order valence-electron chi connectivity index (χ0n) is 10.8. The zero-order chi connectivity index (χ0) is 13.8. The highest BCUT2D eigenvalue weighted by Gasteiger charge is 2.06. The van der Waals surface area contributed by atoms with Crippen LogP contribution in [0.25, 0.3) is 10.7 Å². The number of nitrogens with one attached hydrogen (secondary N) is 1. The highest BCUT2D eigenvalue weighted by atomic mass is 32.1. The van der Waals surface area contributed by atoms with E-state index in [9.17, 15) is 4.39 Å². The van der Waals surface area contributed by atoms with Crippen LogP contribution in [0, 0.1) is 5.82 Å². The molecular weight excluding hydrogens is 273 g/mol. The topological polar surface area (TPSA) is 29.9 Å². The van der Waals surface area contributed by atoms with Crippen molar-refractivity contribution in [1.29, 1.82) is 0 Å². The number of nitrogens with zero attached hydrogens (tertiary/aromatic N) is 2. The van der Waals surface area contributed by atoms with E-state index in [2.05, 4.69) is 20.9 Å². The Balaban J connectivity index is 1.62. The zero-order valence-corrected chi connectivity index (χ0v) is 11.6. The van der Waals surface area contributed by atoms with E-state index in [0.717, 1.165) is 29.5 Å². The van der Waals surface area contributed by atoms with Crippen molar-refractivity contribution in [3.05, 3.63) is 60.0 Å². The molecule has 0 fully saturated rings. The summed E-state index contributed by atoms with van der Waals surface area (Å²) in [6.45, 7) is 1.57. The molecule has 2 aromatic heterocycles. The Morgan fingerprint density at radius 2 is 2.05 bits per heavy atom. The lowest BCUT2D eigenvalue weighted by Gasteiger charge is -2.09. The Morgan fingerprint density at radius 1 is 1.20 bits per heavy atom. The van der Waals surface area contributed by atoms with Crippen molar-refractivity contribution >= 4 is 17.0 Å². The van der Waals surface area contributed by atoms with Gasteiger partial charge in [-0.3, -0.25) is 0 Å². The predicted molar refractivity (Wildman–Crippen MR) is 80.4 cm³/mol. The number of benzene rings is 1. The average Bonchev–Trinajstić information content (AvgIpc) is 3.11. The first kappa shape index (κ1) is 12.9. The van der Waals surface area contributed by atoms with Crippen molar-refractivity contribution in [2.24, 2.45) is 0 Å². The van der Waals surface area contributed by atoms with Crippen LogP contribution in [-0.4, -0.2) is 16.1 Å². The van der Waals surface area contributed by atoms with Gasteiger partial charge in [-0.25, -0.2) is 9.37 Å². The first-order valence-corrected chi connectivity index (χ1v) is 7.25. The Bertz CT molecular complexity index is 659. The molecule has 0 aliphatic carbocycles. The van der Waals surface area contributed by atoms with Crippen LogP contribution in [0.2, 0.25) is 0 Å². The van der Waals surface area contributed by atoms with E-state index in [-0.39, 0.29) is 5.82 Å². The van der Waals surface area contributed by atoms with Gasteiger partial charge in [-0.1, -0.05) is 6.07 Å². The van der Waals surface area contributed by atoms with E-state index < -0.39 is 0 Å². The van der Waals surface area contributed by atoms with Crippen LogP contribution in [0.1, 0.15) is 0 Å². The van der Waals surface area contributed by atoms with Crippen molar-refractivity contribution in [2.45, 2.75) is 6.54 Å². The molecule has 1 aromatic carbocycles. The average molecular weight is 287 g/mol. The van der Waals surface area contributed by atoms with Gasteiger partial charge < -0.3 is 9.88 Å². The van der Waals surface area contributed by atoms with Crippen molar-refractivity contribution < 1.29 is 4.39 Å². The Hall–Kier alpha value is -2.14. The van der Waals surface area contributed by atoms with Crippen LogP contribution in [0.4, 0.5) is 10.1 Å². The lowest BCUT2D eigenvalue weighted by molar-refractivity contribution is 0.628. The molecule has 0 saturated heterocycles. The molecule has 2 heterocycles. The number of hydrogen-bond acceptors (Lipinski definition) is 3. The monoisotopic (exact) mass is 287 g/mol. The molecule has 5 heteroatoms. The summed E-state index contributed by atoms with van der Waals surface area (Å²) in [5, 5.41) is 5.32. The van der Waals surface area contributed by atoms with Gasteiger partial charge in [0.05, 0.1) is 4.88 Å². The second kappa shape index (κ2) is 5.88. The Kier molecular flexibility index (Phi) is 3.78. The molecule has 0 saturated carbocycles. The SMILES string of the molecule is Fc1ccc(NCCn2ccnc2-c2cccs2)cc1. The summed E-state index contributed by atoms with van der Waals surface area (Å²) in [5.74, 6) is 0.769. The Labute approximate surface area is 120 Å². The van der Waals surface area contributed by atoms with Gasteiger partial charge in [0.15, 0.2) is 0 Å². The highest BCUT2D eigenvalue weighted by molar-refractivity contribution is 7.13. The van der Waals surface area contributed by atoms with Gasteiger partial charge in [0.2, 0.25) is 0 Å². The normalized spacial score (nSPS) is 10.7. The van der Waals surface area contributed by atoms with Crippen molar-refractivity contribution in [2.75, 3.05) is 11.9 Å². The summed E-state index contributed by atoms with van der Waals surface area (Å²) in [4.78, 5) is 5.56. The molecule has 0 spiro atoms. The van der Waals surface area contributed by atoms with Gasteiger partial charge in [0, 0.05) is 31.2 Å². The third-order valence-electron chi connectivity index (χ3n) is 2.98. The second-order valence-corrected chi connectivity index (χ2v) is 5.30. The fraction of sp³-hybridized carbons (Fsp3) is 0.133. The van der Waals surface area contributed by atoms with Crippen LogP contribution in [0.3, 0.4) is 0 Å². The first-order valence-electron chi connectivity index (χ1n) is 6.37. The largest absolute Gasteiger partial charge is 0.383 e. The molecule has 0 aliphatic rings. The quantitative estimate of drug-likeness (QED) is 0.772. The molecule has 0 atom stereocenters. The lowest BCUT2D eigenvalue weighted by Crippen LogP contribution is -2.10. The van der Waals surface area contributed by atoms with Crippen LogP contribution in [0.15, 0.2) is 54.2 Å². The van der Waals surface area contributed by atoms with Gasteiger partial charge >= 0.3 is 0 Å². The molecule has 0 bridgehead atoms. The molecule has 0 radical (unpaired) electrons. The third kappa shape index (κ3) is 2.88. The summed E-state index contributed by atoms with van der Waals surface area (Å²) in [5.41, 5.74) is 0.921. The minimum Gasteiger partial charge on any atom is -0.383 e. The molecule has 1 N–H and O–H groups in total. The number of anilines is 1. The van der Waals surface area contributed by atoms with Crippen LogP contribution < -0.4 is 5.32 Å². The van der Waals surface area contributed by atoms with E-state index in [1.165, 1.54) is 12.1 Å². The van der Waals surface area contributed by atoms with E-state index in [1.54, 1.807) is 23.5 Å². The second-order valence-electron chi connectivity index (χ2n) is 4.36. The summed E-state index contributed by atoms with van der Waals surface area (Å²) in [6.07, 6.45) is 3.79. The highest BCUT2D eigenvalue weighted by Crippen LogP contribution is 2.22. The summed E-state index contributed by atoms with van der Waals surface area (Å²) < 4.78 is 14.9. The fourth-order valence-electron chi connectivity index (χ4n) is 2.01. The van der Waals surface area contributed by atoms with Crippen molar-refractivity contribution in [1.82, 2.24) is 9.55 Å². The van der Waals surface area contributed by atoms with Crippen LogP contribution in [0.5, 0.6) is 0 Å². The number of halogens is 1. The van der Waals surface area contributed by atoms with E-state index in [4.69, 9.17) is 0 Å². The van der Waals surface area contributed by atoms with Gasteiger partial charge in [0.25, 0.3) is 0 Å². The molecule has 3 rings (SSSR count). The lowest BCUT2D eigenvalue weighted by atomic mass is 10.3. The van der Waals surface area contributed by atoms with Gasteiger partial charge in [-0.05, 0) is 35.7 Å².